The van der Waals surface area contributed by atoms with E-state index in [1.165, 1.54) is 17.1 Å². The molecule has 1 atom stereocenters. The zero-order valence-corrected chi connectivity index (χ0v) is 17.5. The fourth-order valence-corrected chi connectivity index (χ4v) is 3.99. The number of aromatic nitrogens is 4. The maximum atomic E-state index is 14.3. The Balaban J connectivity index is 1.53. The Hall–Kier alpha value is -3.47. The van der Waals surface area contributed by atoms with Gasteiger partial charge in [-0.15, -0.1) is 0 Å². The molecule has 0 aliphatic carbocycles. The lowest BCUT2D eigenvalue weighted by Gasteiger charge is -2.41. The van der Waals surface area contributed by atoms with E-state index in [1.807, 2.05) is 11.8 Å². The van der Waals surface area contributed by atoms with Crippen molar-refractivity contribution in [1.82, 2.24) is 24.6 Å². The smallest absolute Gasteiger partial charge is 0.244 e. The van der Waals surface area contributed by atoms with Crippen molar-refractivity contribution < 1.29 is 9.18 Å². The van der Waals surface area contributed by atoms with Crippen molar-refractivity contribution in [3.8, 4) is 0 Å². The van der Waals surface area contributed by atoms with Gasteiger partial charge in [-0.25, -0.2) is 19.0 Å². The van der Waals surface area contributed by atoms with Gasteiger partial charge in [0.15, 0.2) is 5.65 Å². The number of carbonyl (C=O) groups excluding carboxylic acids is 1. The number of halogens is 2. The first-order valence-corrected chi connectivity index (χ1v) is 9.95. The molecule has 5 N–H and O–H groups in total. The SMILES string of the molecule is CC1CN(c2ccc(Cl)cc2F)CCN1C(=O)Cn1nc(C(=N)N)c2c(N)ncnc21. The number of amides is 1. The Bertz CT molecular complexity index is 1180. The van der Waals surface area contributed by atoms with Crippen LogP contribution in [0.4, 0.5) is 15.9 Å². The molecule has 1 saturated heterocycles. The molecule has 1 fully saturated rings. The van der Waals surface area contributed by atoms with Crippen LogP contribution in [0.5, 0.6) is 0 Å². The summed E-state index contributed by atoms with van der Waals surface area (Å²) < 4.78 is 15.7. The number of hydrogen-bond acceptors (Lipinski definition) is 7. The molecule has 0 saturated carbocycles. The minimum absolute atomic E-state index is 0.0973. The molecule has 0 radical (unpaired) electrons. The summed E-state index contributed by atoms with van der Waals surface area (Å²) in [6, 6.07) is 4.41. The lowest BCUT2D eigenvalue weighted by Crippen LogP contribution is -2.55. The van der Waals surface area contributed by atoms with Crippen molar-refractivity contribution in [2.45, 2.75) is 19.5 Å². The van der Waals surface area contributed by atoms with E-state index in [2.05, 4.69) is 15.1 Å². The summed E-state index contributed by atoms with van der Waals surface area (Å²) in [5, 5.41) is 12.7. The van der Waals surface area contributed by atoms with Crippen LogP contribution in [-0.2, 0) is 11.3 Å². The first-order valence-electron chi connectivity index (χ1n) is 9.57. The van der Waals surface area contributed by atoms with E-state index in [0.29, 0.717) is 41.4 Å². The van der Waals surface area contributed by atoms with E-state index in [0.717, 1.165) is 0 Å². The molecule has 1 aliphatic heterocycles. The van der Waals surface area contributed by atoms with E-state index in [4.69, 9.17) is 28.5 Å². The van der Waals surface area contributed by atoms with Gasteiger partial charge >= 0.3 is 0 Å². The minimum Gasteiger partial charge on any atom is -0.383 e. The number of nitrogens with one attached hydrogen (secondary N) is 1. The van der Waals surface area contributed by atoms with Crippen LogP contribution in [0.25, 0.3) is 11.0 Å². The maximum Gasteiger partial charge on any atom is 0.244 e. The summed E-state index contributed by atoms with van der Waals surface area (Å²) in [5.41, 5.74) is 12.4. The Morgan fingerprint density at radius 2 is 2.13 bits per heavy atom. The highest BCUT2D eigenvalue weighted by molar-refractivity contribution is 6.30. The van der Waals surface area contributed by atoms with Crippen LogP contribution in [0, 0.1) is 11.2 Å². The molecular weight excluding hydrogens is 425 g/mol. The van der Waals surface area contributed by atoms with Crippen molar-refractivity contribution in [1.29, 1.82) is 5.41 Å². The van der Waals surface area contributed by atoms with Gasteiger partial charge in [-0.05, 0) is 25.1 Å². The molecule has 1 amide bonds. The number of piperazine rings is 1. The fourth-order valence-electron chi connectivity index (χ4n) is 3.83. The molecule has 12 heteroatoms. The monoisotopic (exact) mass is 445 g/mol. The van der Waals surface area contributed by atoms with E-state index in [9.17, 15) is 9.18 Å². The summed E-state index contributed by atoms with van der Waals surface area (Å²) in [7, 11) is 0. The Morgan fingerprint density at radius 3 is 2.81 bits per heavy atom. The predicted octanol–water partition coefficient (Wildman–Crippen LogP) is 1.22. The molecule has 1 unspecified atom stereocenters. The second-order valence-electron chi connectivity index (χ2n) is 7.36. The van der Waals surface area contributed by atoms with Crippen molar-refractivity contribution in [3.05, 3.63) is 41.1 Å². The average Bonchev–Trinajstić information content (AvgIpc) is 3.08. The van der Waals surface area contributed by atoms with Gasteiger partial charge in [-0.3, -0.25) is 10.2 Å². The second kappa shape index (κ2) is 7.99. The molecule has 4 rings (SSSR count). The highest BCUT2D eigenvalue weighted by Gasteiger charge is 2.29. The largest absolute Gasteiger partial charge is 0.383 e. The standard InChI is InChI=1S/C19H21ClFN9O/c1-10-7-28(13-3-2-11(20)6-12(13)21)4-5-29(10)14(31)8-30-19-15(16(27-30)17(22)23)18(24)25-9-26-19/h2-3,6,9-10H,4-5,7-8H2,1H3,(H3,22,23)(H2,24,25,26). The third-order valence-electron chi connectivity index (χ3n) is 5.30. The van der Waals surface area contributed by atoms with Gasteiger partial charge in [0.05, 0.1) is 11.1 Å². The van der Waals surface area contributed by atoms with Crippen molar-refractivity contribution in [3.63, 3.8) is 0 Å². The van der Waals surface area contributed by atoms with Crippen LogP contribution in [0.3, 0.4) is 0 Å². The molecule has 162 valence electrons. The number of benzene rings is 1. The molecule has 2 aromatic heterocycles. The number of hydrogen-bond donors (Lipinski definition) is 3. The lowest BCUT2D eigenvalue weighted by molar-refractivity contribution is -0.134. The van der Waals surface area contributed by atoms with Gasteiger partial charge in [-0.2, -0.15) is 5.10 Å². The van der Waals surface area contributed by atoms with E-state index >= 15 is 0 Å². The number of nitrogens with two attached hydrogens (primary N) is 2. The number of anilines is 2. The molecule has 31 heavy (non-hydrogen) atoms. The van der Waals surface area contributed by atoms with Gasteiger partial charge in [-0.1, -0.05) is 11.6 Å². The molecule has 0 bridgehead atoms. The van der Waals surface area contributed by atoms with Crippen molar-refractivity contribution in [2.75, 3.05) is 30.3 Å². The number of carbonyl (C=O) groups is 1. The maximum absolute atomic E-state index is 14.3. The summed E-state index contributed by atoms with van der Waals surface area (Å²) in [6.07, 6.45) is 1.27. The summed E-state index contributed by atoms with van der Waals surface area (Å²) in [6.45, 7) is 3.17. The predicted molar refractivity (Wildman–Crippen MR) is 116 cm³/mol. The molecule has 1 aliphatic rings. The van der Waals surface area contributed by atoms with E-state index in [-0.39, 0.29) is 35.8 Å². The van der Waals surface area contributed by atoms with E-state index < -0.39 is 5.82 Å². The number of amidine groups is 1. The van der Waals surface area contributed by atoms with Crippen molar-refractivity contribution in [2.24, 2.45) is 5.73 Å². The van der Waals surface area contributed by atoms with Gasteiger partial charge in [0.1, 0.15) is 36.0 Å². The highest BCUT2D eigenvalue weighted by atomic mass is 35.5. The highest BCUT2D eigenvalue weighted by Crippen LogP contribution is 2.26. The van der Waals surface area contributed by atoms with Crippen LogP contribution in [-0.4, -0.2) is 62.1 Å². The second-order valence-corrected chi connectivity index (χ2v) is 7.79. The van der Waals surface area contributed by atoms with Crippen LogP contribution in [0.15, 0.2) is 24.5 Å². The summed E-state index contributed by atoms with van der Waals surface area (Å²) >= 11 is 5.84. The lowest BCUT2D eigenvalue weighted by atomic mass is 10.1. The van der Waals surface area contributed by atoms with Crippen LogP contribution in [0.1, 0.15) is 12.6 Å². The summed E-state index contributed by atoms with van der Waals surface area (Å²) in [5.74, 6) is -0.720. The van der Waals surface area contributed by atoms with Crippen LogP contribution >= 0.6 is 11.6 Å². The zero-order chi connectivity index (χ0) is 22.3. The van der Waals surface area contributed by atoms with Gasteiger partial charge < -0.3 is 21.3 Å². The zero-order valence-electron chi connectivity index (χ0n) is 16.7. The third-order valence-corrected chi connectivity index (χ3v) is 5.53. The molecule has 3 heterocycles. The Morgan fingerprint density at radius 1 is 1.35 bits per heavy atom. The number of fused-ring (bicyclic) bond motifs is 1. The number of rotatable bonds is 4. The normalized spacial score (nSPS) is 16.7. The molecule has 3 aromatic rings. The fraction of sp³-hybridized carbons (Fsp3) is 0.316. The molecule has 10 nitrogen and oxygen atoms in total. The Kier molecular flexibility index (Phi) is 5.36. The summed E-state index contributed by atoms with van der Waals surface area (Å²) in [4.78, 5) is 24.7. The minimum atomic E-state index is -0.392. The van der Waals surface area contributed by atoms with Gasteiger partial charge in [0.25, 0.3) is 0 Å². The molecule has 0 spiro atoms. The van der Waals surface area contributed by atoms with Crippen LogP contribution < -0.4 is 16.4 Å². The van der Waals surface area contributed by atoms with Crippen LogP contribution in [0.2, 0.25) is 5.02 Å². The van der Waals surface area contributed by atoms with E-state index in [1.54, 1.807) is 17.0 Å². The average molecular weight is 446 g/mol. The van der Waals surface area contributed by atoms with Gasteiger partial charge in [0.2, 0.25) is 5.91 Å². The first-order chi connectivity index (χ1) is 14.8. The number of nitrogen functional groups attached to an aromatic ring is 2. The van der Waals surface area contributed by atoms with Crippen molar-refractivity contribution >= 4 is 45.9 Å². The number of nitrogens with zero attached hydrogens (tertiary/aromatic N) is 6. The molecular formula is C19H21ClFN9O. The first kappa shape index (κ1) is 20.8. The third kappa shape index (κ3) is 3.83. The quantitative estimate of drug-likeness (QED) is 0.404. The van der Waals surface area contributed by atoms with Gasteiger partial charge in [0, 0.05) is 30.7 Å². The topological polar surface area (TPSA) is 143 Å². The molecule has 1 aromatic carbocycles. The Labute approximate surface area is 182 Å².